The van der Waals surface area contributed by atoms with Gasteiger partial charge in [-0.2, -0.15) is 5.10 Å². The maximum Gasteiger partial charge on any atom is 0.410 e. The normalized spacial score (nSPS) is 15.8. The van der Waals surface area contributed by atoms with Gasteiger partial charge < -0.3 is 20.3 Å². The maximum atomic E-state index is 12.0. The number of nitrogens with one attached hydrogen (secondary N) is 2. The molecule has 1 aromatic heterocycles. The molecule has 1 amide bonds. The number of aliphatic imine (C=N–C) groups is 1. The van der Waals surface area contributed by atoms with Crippen molar-refractivity contribution in [2.75, 3.05) is 20.1 Å². The number of likely N-dealkylation sites (tertiary alicyclic amines) is 1. The molecule has 0 aliphatic carbocycles. The highest BCUT2D eigenvalue weighted by Gasteiger charge is 2.34. The first-order valence-corrected chi connectivity index (χ1v) is 8.55. The van der Waals surface area contributed by atoms with E-state index in [-0.39, 0.29) is 12.1 Å². The van der Waals surface area contributed by atoms with E-state index in [0.717, 1.165) is 17.3 Å². The predicted octanol–water partition coefficient (Wildman–Crippen LogP) is 1.32. The van der Waals surface area contributed by atoms with Gasteiger partial charge in [-0.3, -0.25) is 9.67 Å². The molecule has 0 bridgehead atoms. The summed E-state index contributed by atoms with van der Waals surface area (Å²) in [7, 11) is 3.68. The van der Waals surface area contributed by atoms with E-state index in [1.165, 1.54) is 5.56 Å². The van der Waals surface area contributed by atoms with Crippen LogP contribution >= 0.6 is 0 Å². The van der Waals surface area contributed by atoms with E-state index in [9.17, 15) is 4.79 Å². The van der Waals surface area contributed by atoms with Gasteiger partial charge in [0, 0.05) is 45.0 Å². The Morgan fingerprint density at radius 1 is 1.36 bits per heavy atom. The fourth-order valence-electron chi connectivity index (χ4n) is 2.68. The Kier molecular flexibility index (Phi) is 5.59. The Balaban J connectivity index is 1.80. The van der Waals surface area contributed by atoms with E-state index in [1.807, 2.05) is 39.4 Å². The number of carbonyl (C=O) groups is 1. The fraction of sp³-hybridized carbons (Fsp3) is 0.706. The Hall–Kier alpha value is -2.25. The van der Waals surface area contributed by atoms with E-state index >= 15 is 0 Å². The maximum absolute atomic E-state index is 12.0. The SMILES string of the molecule is CN=C(NCc1c(C)nn(C)c1C)NC1CN(C(=O)OC(C)(C)C)C1. The van der Waals surface area contributed by atoms with Crippen molar-refractivity contribution in [1.29, 1.82) is 0 Å². The lowest BCUT2D eigenvalue weighted by atomic mass is 10.1. The van der Waals surface area contributed by atoms with Crippen LogP contribution in [0.4, 0.5) is 4.79 Å². The summed E-state index contributed by atoms with van der Waals surface area (Å²) >= 11 is 0. The first kappa shape index (κ1) is 19.1. The molecule has 2 N–H and O–H groups in total. The van der Waals surface area contributed by atoms with Crippen molar-refractivity contribution in [3.05, 3.63) is 17.0 Å². The minimum Gasteiger partial charge on any atom is -0.444 e. The number of aromatic nitrogens is 2. The molecule has 25 heavy (non-hydrogen) atoms. The minimum atomic E-state index is -0.466. The molecule has 0 aromatic carbocycles. The third kappa shape index (κ3) is 4.87. The van der Waals surface area contributed by atoms with Gasteiger partial charge in [-0.1, -0.05) is 0 Å². The van der Waals surface area contributed by atoms with Gasteiger partial charge in [-0.15, -0.1) is 0 Å². The number of nitrogens with zero attached hydrogens (tertiary/aromatic N) is 4. The number of carbonyl (C=O) groups excluding carboxylic acids is 1. The van der Waals surface area contributed by atoms with Crippen LogP contribution in [0.5, 0.6) is 0 Å². The molecular formula is C17H30N6O2. The Morgan fingerprint density at radius 3 is 2.48 bits per heavy atom. The largest absolute Gasteiger partial charge is 0.444 e. The van der Waals surface area contributed by atoms with Crippen LogP contribution in [-0.2, 0) is 18.3 Å². The van der Waals surface area contributed by atoms with Crippen LogP contribution in [0.3, 0.4) is 0 Å². The van der Waals surface area contributed by atoms with Crippen molar-refractivity contribution in [2.24, 2.45) is 12.0 Å². The standard InChI is InChI=1S/C17H30N6O2/c1-11-14(12(2)22(7)21-11)8-19-15(18-6)20-13-9-23(10-13)16(24)25-17(3,4)5/h13H,8-10H2,1-7H3,(H2,18,19,20). The van der Waals surface area contributed by atoms with E-state index < -0.39 is 5.60 Å². The van der Waals surface area contributed by atoms with Crippen LogP contribution in [0.25, 0.3) is 0 Å². The topological polar surface area (TPSA) is 83.8 Å². The Bertz CT molecular complexity index is 653. The summed E-state index contributed by atoms with van der Waals surface area (Å²) in [4.78, 5) is 17.9. The summed E-state index contributed by atoms with van der Waals surface area (Å²) < 4.78 is 7.24. The monoisotopic (exact) mass is 350 g/mol. The predicted molar refractivity (Wildman–Crippen MR) is 97.6 cm³/mol. The van der Waals surface area contributed by atoms with Gasteiger partial charge in [0.15, 0.2) is 5.96 Å². The van der Waals surface area contributed by atoms with Crippen molar-refractivity contribution in [1.82, 2.24) is 25.3 Å². The van der Waals surface area contributed by atoms with Gasteiger partial charge in [0.25, 0.3) is 0 Å². The van der Waals surface area contributed by atoms with Gasteiger partial charge >= 0.3 is 6.09 Å². The molecular weight excluding hydrogens is 320 g/mol. The van der Waals surface area contributed by atoms with Gasteiger partial charge in [0.1, 0.15) is 5.60 Å². The van der Waals surface area contributed by atoms with Gasteiger partial charge in [-0.05, 0) is 34.6 Å². The van der Waals surface area contributed by atoms with Crippen molar-refractivity contribution in [2.45, 2.75) is 52.8 Å². The summed E-state index contributed by atoms with van der Waals surface area (Å²) in [5, 5.41) is 11.1. The van der Waals surface area contributed by atoms with Crippen molar-refractivity contribution < 1.29 is 9.53 Å². The lowest BCUT2D eigenvalue weighted by molar-refractivity contribution is 0.00701. The van der Waals surface area contributed by atoms with Crippen LogP contribution in [0, 0.1) is 13.8 Å². The molecule has 1 fully saturated rings. The molecule has 0 radical (unpaired) electrons. The zero-order chi connectivity index (χ0) is 18.8. The average Bonchev–Trinajstić information content (AvgIpc) is 2.68. The second-order valence-electron chi connectivity index (χ2n) is 7.43. The van der Waals surface area contributed by atoms with Gasteiger partial charge in [-0.25, -0.2) is 4.79 Å². The molecule has 0 spiro atoms. The summed E-state index contributed by atoms with van der Waals surface area (Å²) in [5.41, 5.74) is 2.87. The number of hydrogen-bond acceptors (Lipinski definition) is 4. The highest BCUT2D eigenvalue weighted by Crippen LogP contribution is 2.15. The number of guanidine groups is 1. The molecule has 8 heteroatoms. The van der Waals surface area contributed by atoms with E-state index in [4.69, 9.17) is 4.74 Å². The number of hydrogen-bond donors (Lipinski definition) is 2. The number of aryl methyl sites for hydroxylation is 2. The zero-order valence-corrected chi connectivity index (χ0v) is 16.3. The molecule has 1 saturated heterocycles. The second kappa shape index (κ2) is 7.33. The molecule has 140 valence electrons. The van der Waals surface area contributed by atoms with E-state index in [1.54, 1.807) is 11.9 Å². The third-order valence-corrected chi connectivity index (χ3v) is 4.19. The molecule has 2 rings (SSSR count). The Labute approximate surface area is 149 Å². The molecule has 0 saturated carbocycles. The lowest BCUT2D eigenvalue weighted by Gasteiger charge is -2.40. The second-order valence-corrected chi connectivity index (χ2v) is 7.43. The summed E-state index contributed by atoms with van der Waals surface area (Å²) in [6.07, 6.45) is -0.268. The fourth-order valence-corrected chi connectivity index (χ4v) is 2.68. The quantitative estimate of drug-likeness (QED) is 0.634. The molecule has 1 aliphatic rings. The van der Waals surface area contributed by atoms with Gasteiger partial charge in [0.05, 0.1) is 11.7 Å². The summed E-state index contributed by atoms with van der Waals surface area (Å²) in [6, 6.07) is 0.176. The van der Waals surface area contributed by atoms with Crippen LogP contribution in [0.2, 0.25) is 0 Å². The van der Waals surface area contributed by atoms with Gasteiger partial charge in [0.2, 0.25) is 0 Å². The smallest absolute Gasteiger partial charge is 0.410 e. The number of rotatable bonds is 3. The Morgan fingerprint density at radius 2 is 2.00 bits per heavy atom. The van der Waals surface area contributed by atoms with Crippen molar-refractivity contribution >= 4 is 12.1 Å². The molecule has 1 aliphatic heterocycles. The average molecular weight is 350 g/mol. The zero-order valence-electron chi connectivity index (χ0n) is 16.3. The number of amides is 1. The van der Waals surface area contributed by atoms with E-state index in [2.05, 4.69) is 27.6 Å². The first-order valence-electron chi connectivity index (χ1n) is 8.55. The summed E-state index contributed by atoms with van der Waals surface area (Å²) in [6.45, 7) is 11.6. The minimum absolute atomic E-state index is 0.176. The van der Waals surface area contributed by atoms with Crippen LogP contribution < -0.4 is 10.6 Å². The lowest BCUT2D eigenvalue weighted by Crippen LogP contribution is -2.63. The van der Waals surface area contributed by atoms with E-state index in [0.29, 0.717) is 19.6 Å². The molecule has 2 heterocycles. The molecule has 0 unspecified atom stereocenters. The van der Waals surface area contributed by atoms with Crippen LogP contribution in [0.15, 0.2) is 4.99 Å². The van der Waals surface area contributed by atoms with Crippen LogP contribution in [-0.4, -0.2) is 58.5 Å². The van der Waals surface area contributed by atoms with Crippen molar-refractivity contribution in [3.8, 4) is 0 Å². The molecule has 0 atom stereocenters. The highest BCUT2D eigenvalue weighted by atomic mass is 16.6. The third-order valence-electron chi connectivity index (χ3n) is 4.19. The van der Waals surface area contributed by atoms with Crippen molar-refractivity contribution in [3.63, 3.8) is 0 Å². The molecule has 1 aromatic rings. The van der Waals surface area contributed by atoms with Crippen LogP contribution in [0.1, 0.15) is 37.7 Å². The number of ether oxygens (including phenoxy) is 1. The molecule has 8 nitrogen and oxygen atoms in total. The first-order chi connectivity index (χ1) is 11.6. The summed E-state index contributed by atoms with van der Waals surface area (Å²) in [5.74, 6) is 0.719. The highest BCUT2D eigenvalue weighted by molar-refractivity contribution is 5.80.